The van der Waals surface area contributed by atoms with E-state index in [1.54, 1.807) is 0 Å². The third kappa shape index (κ3) is 2.98. The van der Waals surface area contributed by atoms with Crippen LogP contribution in [0.5, 0.6) is 0 Å². The first-order valence-electron chi connectivity index (χ1n) is 6.78. The van der Waals surface area contributed by atoms with Crippen LogP contribution < -0.4 is 9.80 Å². The molecular formula is C16H28N2. The topological polar surface area (TPSA) is 6.48 Å². The molecule has 0 bridgehead atoms. The minimum absolute atomic E-state index is 0.552. The van der Waals surface area contributed by atoms with Crippen LogP contribution in [0.25, 0.3) is 0 Å². The van der Waals surface area contributed by atoms with Crippen molar-refractivity contribution >= 4 is 11.4 Å². The molecule has 0 heterocycles. The van der Waals surface area contributed by atoms with Crippen molar-refractivity contribution in [2.24, 2.45) is 0 Å². The van der Waals surface area contributed by atoms with Crippen molar-refractivity contribution in [2.75, 3.05) is 38.0 Å². The SMILES string of the molecule is CC(C)c1cc(N(C)C)cc(N(C)C)c1C(C)C. The summed E-state index contributed by atoms with van der Waals surface area (Å²) >= 11 is 0. The molecule has 1 aromatic carbocycles. The molecule has 0 aliphatic carbocycles. The number of benzene rings is 1. The Labute approximate surface area is 113 Å². The van der Waals surface area contributed by atoms with Crippen molar-refractivity contribution < 1.29 is 0 Å². The Balaban J connectivity index is 3.55. The Hall–Kier alpha value is -1.18. The van der Waals surface area contributed by atoms with Gasteiger partial charge in [-0.05, 0) is 35.1 Å². The van der Waals surface area contributed by atoms with Gasteiger partial charge in [-0.2, -0.15) is 0 Å². The smallest absolute Gasteiger partial charge is 0.0419 e. The molecule has 0 aromatic heterocycles. The van der Waals surface area contributed by atoms with Crippen LogP contribution in [-0.4, -0.2) is 28.2 Å². The maximum Gasteiger partial charge on any atom is 0.0419 e. The molecule has 18 heavy (non-hydrogen) atoms. The summed E-state index contributed by atoms with van der Waals surface area (Å²) in [7, 11) is 8.47. The molecule has 0 aliphatic rings. The Morgan fingerprint density at radius 2 is 1.33 bits per heavy atom. The molecule has 102 valence electrons. The van der Waals surface area contributed by atoms with E-state index in [0.29, 0.717) is 11.8 Å². The predicted molar refractivity (Wildman–Crippen MR) is 83.3 cm³/mol. The van der Waals surface area contributed by atoms with Gasteiger partial charge in [0, 0.05) is 39.6 Å². The second kappa shape index (κ2) is 5.64. The van der Waals surface area contributed by atoms with Crippen molar-refractivity contribution in [1.29, 1.82) is 0 Å². The molecule has 2 heteroatoms. The zero-order valence-electron chi connectivity index (χ0n) is 13.2. The van der Waals surface area contributed by atoms with Gasteiger partial charge in [0.15, 0.2) is 0 Å². The fraction of sp³-hybridized carbons (Fsp3) is 0.625. The van der Waals surface area contributed by atoms with E-state index < -0.39 is 0 Å². The molecule has 0 saturated heterocycles. The molecule has 0 aliphatic heterocycles. The number of anilines is 2. The minimum atomic E-state index is 0.552. The molecule has 0 N–H and O–H groups in total. The Morgan fingerprint density at radius 1 is 0.778 bits per heavy atom. The fourth-order valence-electron chi connectivity index (χ4n) is 2.38. The maximum atomic E-state index is 2.34. The van der Waals surface area contributed by atoms with Crippen LogP contribution >= 0.6 is 0 Å². The molecule has 0 atom stereocenters. The number of nitrogens with zero attached hydrogens (tertiary/aromatic N) is 2. The summed E-state index contributed by atoms with van der Waals surface area (Å²) in [6, 6.07) is 4.63. The van der Waals surface area contributed by atoms with Crippen molar-refractivity contribution in [2.45, 2.75) is 39.5 Å². The largest absolute Gasteiger partial charge is 0.378 e. The molecule has 0 saturated carbocycles. The lowest BCUT2D eigenvalue weighted by molar-refractivity contribution is 0.785. The summed E-state index contributed by atoms with van der Waals surface area (Å²) in [6.45, 7) is 9.12. The van der Waals surface area contributed by atoms with Gasteiger partial charge in [0.2, 0.25) is 0 Å². The molecule has 0 radical (unpaired) electrons. The lowest BCUT2D eigenvalue weighted by Crippen LogP contribution is -2.17. The van der Waals surface area contributed by atoms with Gasteiger partial charge < -0.3 is 9.80 Å². The van der Waals surface area contributed by atoms with Gasteiger partial charge in [-0.25, -0.2) is 0 Å². The quantitative estimate of drug-likeness (QED) is 0.792. The summed E-state index contributed by atoms with van der Waals surface area (Å²) in [5.74, 6) is 1.11. The van der Waals surface area contributed by atoms with E-state index in [4.69, 9.17) is 0 Å². The fourth-order valence-corrected chi connectivity index (χ4v) is 2.38. The first-order chi connectivity index (χ1) is 8.25. The van der Waals surface area contributed by atoms with Gasteiger partial charge in [-0.1, -0.05) is 27.7 Å². The van der Waals surface area contributed by atoms with Gasteiger partial charge in [0.1, 0.15) is 0 Å². The van der Waals surface area contributed by atoms with E-state index in [9.17, 15) is 0 Å². The molecule has 0 unspecified atom stereocenters. The average Bonchev–Trinajstić information content (AvgIpc) is 2.26. The van der Waals surface area contributed by atoms with E-state index >= 15 is 0 Å². The lowest BCUT2D eigenvalue weighted by Gasteiger charge is -2.27. The molecular weight excluding hydrogens is 220 g/mol. The van der Waals surface area contributed by atoms with Crippen LogP contribution in [0.1, 0.15) is 50.7 Å². The average molecular weight is 248 g/mol. The van der Waals surface area contributed by atoms with Crippen molar-refractivity contribution in [1.82, 2.24) is 0 Å². The monoisotopic (exact) mass is 248 g/mol. The molecule has 0 spiro atoms. The lowest BCUT2D eigenvalue weighted by atomic mass is 9.88. The summed E-state index contributed by atoms with van der Waals surface area (Å²) < 4.78 is 0. The normalized spacial score (nSPS) is 11.2. The van der Waals surface area contributed by atoms with Crippen LogP contribution in [-0.2, 0) is 0 Å². The van der Waals surface area contributed by atoms with Crippen LogP contribution in [0, 0.1) is 0 Å². The summed E-state index contributed by atoms with van der Waals surface area (Å²) in [5.41, 5.74) is 5.59. The maximum absolute atomic E-state index is 2.34. The number of rotatable bonds is 4. The van der Waals surface area contributed by atoms with Crippen molar-refractivity contribution in [3.8, 4) is 0 Å². The van der Waals surface area contributed by atoms with Gasteiger partial charge in [0.25, 0.3) is 0 Å². The van der Waals surface area contributed by atoms with E-state index in [1.807, 2.05) is 0 Å². The Kier molecular flexibility index (Phi) is 4.66. The van der Waals surface area contributed by atoms with Gasteiger partial charge in [-0.15, -0.1) is 0 Å². The van der Waals surface area contributed by atoms with Gasteiger partial charge in [-0.3, -0.25) is 0 Å². The van der Waals surface area contributed by atoms with Crippen LogP contribution in [0.3, 0.4) is 0 Å². The third-order valence-corrected chi connectivity index (χ3v) is 3.37. The summed E-state index contributed by atoms with van der Waals surface area (Å²) in [6.07, 6.45) is 0. The second-order valence-electron chi connectivity index (χ2n) is 6.07. The highest BCUT2D eigenvalue weighted by molar-refractivity contribution is 5.67. The highest BCUT2D eigenvalue weighted by atomic mass is 15.1. The number of hydrogen-bond acceptors (Lipinski definition) is 2. The van der Waals surface area contributed by atoms with E-state index in [2.05, 4.69) is 77.8 Å². The zero-order chi connectivity index (χ0) is 14.0. The highest BCUT2D eigenvalue weighted by Gasteiger charge is 2.17. The van der Waals surface area contributed by atoms with Crippen LogP contribution in [0.4, 0.5) is 11.4 Å². The minimum Gasteiger partial charge on any atom is -0.378 e. The highest BCUT2D eigenvalue weighted by Crippen LogP contribution is 2.37. The summed E-state index contributed by atoms with van der Waals surface area (Å²) in [5, 5.41) is 0. The molecule has 0 fully saturated rings. The van der Waals surface area contributed by atoms with E-state index in [0.717, 1.165) is 0 Å². The first-order valence-corrected chi connectivity index (χ1v) is 6.78. The van der Waals surface area contributed by atoms with E-state index in [-0.39, 0.29) is 0 Å². The standard InChI is InChI=1S/C16H28N2/c1-11(2)14-9-13(17(5)6)10-15(18(7)8)16(14)12(3)4/h9-12H,1-8H3. The molecule has 1 rings (SSSR count). The van der Waals surface area contributed by atoms with Crippen LogP contribution in [0.15, 0.2) is 12.1 Å². The van der Waals surface area contributed by atoms with Crippen LogP contribution in [0.2, 0.25) is 0 Å². The number of hydrogen-bond donors (Lipinski definition) is 0. The second-order valence-corrected chi connectivity index (χ2v) is 6.07. The predicted octanol–water partition coefficient (Wildman–Crippen LogP) is 4.07. The molecule has 2 nitrogen and oxygen atoms in total. The van der Waals surface area contributed by atoms with Crippen molar-refractivity contribution in [3.63, 3.8) is 0 Å². The zero-order valence-corrected chi connectivity index (χ0v) is 13.2. The molecule has 0 amide bonds. The van der Waals surface area contributed by atoms with Gasteiger partial charge >= 0.3 is 0 Å². The first kappa shape index (κ1) is 14.9. The van der Waals surface area contributed by atoms with Crippen molar-refractivity contribution in [3.05, 3.63) is 23.3 Å². The molecule has 1 aromatic rings. The summed E-state index contributed by atoms with van der Waals surface area (Å²) in [4.78, 5) is 4.41. The Bertz CT molecular complexity index is 375. The Morgan fingerprint density at radius 3 is 1.67 bits per heavy atom. The van der Waals surface area contributed by atoms with Gasteiger partial charge in [0.05, 0.1) is 0 Å². The van der Waals surface area contributed by atoms with E-state index in [1.165, 1.54) is 22.5 Å². The third-order valence-electron chi connectivity index (χ3n) is 3.37.